The van der Waals surface area contributed by atoms with Crippen LogP contribution in [0.3, 0.4) is 0 Å². The monoisotopic (exact) mass is 248 g/mol. The van der Waals surface area contributed by atoms with Crippen molar-refractivity contribution < 1.29 is 4.84 Å². The highest BCUT2D eigenvalue weighted by molar-refractivity contribution is 5.30. The van der Waals surface area contributed by atoms with E-state index in [0.717, 1.165) is 18.7 Å². The van der Waals surface area contributed by atoms with Crippen molar-refractivity contribution in [2.75, 3.05) is 5.48 Å². The van der Waals surface area contributed by atoms with Crippen LogP contribution in [-0.4, -0.2) is 11.1 Å². The van der Waals surface area contributed by atoms with E-state index in [1.807, 2.05) is 18.2 Å². The molecular formula is C15H24N2O. The molecule has 0 fully saturated rings. The van der Waals surface area contributed by atoms with Crippen molar-refractivity contribution in [1.82, 2.24) is 4.98 Å². The standard InChI is InChI=1S/C15H24N2O/c1-4-5-8-14(11-10-13(2)3)18-17-15-9-6-7-12-16-15/h6-7,9-14H,4-5,8H2,1-3H3,(H,16,17)/b11-10+. The van der Waals surface area contributed by atoms with Crippen molar-refractivity contribution in [3.05, 3.63) is 36.5 Å². The second kappa shape index (κ2) is 8.70. The number of unbranched alkanes of at least 4 members (excludes halogenated alkanes) is 1. The number of nitrogens with zero attached hydrogens (tertiary/aromatic N) is 1. The Balaban J connectivity index is 2.45. The molecule has 3 nitrogen and oxygen atoms in total. The lowest BCUT2D eigenvalue weighted by Gasteiger charge is -2.14. The first-order valence-electron chi connectivity index (χ1n) is 6.73. The minimum Gasteiger partial charge on any atom is -0.267 e. The predicted octanol–water partition coefficient (Wildman–Crippen LogP) is 4.20. The van der Waals surface area contributed by atoms with E-state index in [4.69, 9.17) is 4.84 Å². The molecule has 1 rings (SSSR count). The van der Waals surface area contributed by atoms with Crippen molar-refractivity contribution in [2.45, 2.75) is 46.1 Å². The predicted molar refractivity (Wildman–Crippen MR) is 76.2 cm³/mol. The zero-order chi connectivity index (χ0) is 13.2. The molecule has 0 saturated heterocycles. The Hall–Kier alpha value is -1.35. The topological polar surface area (TPSA) is 34.1 Å². The van der Waals surface area contributed by atoms with Crippen molar-refractivity contribution in [2.24, 2.45) is 5.92 Å². The highest BCUT2D eigenvalue weighted by atomic mass is 16.7. The summed E-state index contributed by atoms with van der Waals surface area (Å²) in [6, 6.07) is 5.71. The van der Waals surface area contributed by atoms with Crippen molar-refractivity contribution in [1.29, 1.82) is 0 Å². The highest BCUT2D eigenvalue weighted by Gasteiger charge is 2.05. The molecule has 0 aliphatic carbocycles. The maximum absolute atomic E-state index is 5.68. The SMILES string of the molecule is CCCCC(/C=C/C(C)C)ONc1ccccn1. The third-order valence-electron chi connectivity index (χ3n) is 2.53. The molecule has 0 aromatic carbocycles. The number of allylic oxidation sites excluding steroid dienone is 1. The molecule has 0 bridgehead atoms. The Morgan fingerprint density at radius 1 is 1.33 bits per heavy atom. The number of hydrogen-bond acceptors (Lipinski definition) is 3. The molecular weight excluding hydrogens is 224 g/mol. The van der Waals surface area contributed by atoms with Crippen molar-refractivity contribution >= 4 is 5.82 Å². The molecule has 1 aromatic rings. The first-order chi connectivity index (χ1) is 8.72. The molecule has 0 radical (unpaired) electrons. The van der Waals surface area contributed by atoms with E-state index in [9.17, 15) is 0 Å². The lowest BCUT2D eigenvalue weighted by atomic mass is 10.1. The average Bonchev–Trinajstić information content (AvgIpc) is 2.39. The van der Waals surface area contributed by atoms with Gasteiger partial charge in [-0.2, -0.15) is 0 Å². The molecule has 1 atom stereocenters. The van der Waals surface area contributed by atoms with E-state index < -0.39 is 0 Å². The molecule has 18 heavy (non-hydrogen) atoms. The number of hydrogen-bond donors (Lipinski definition) is 1. The maximum Gasteiger partial charge on any atom is 0.149 e. The lowest BCUT2D eigenvalue weighted by Crippen LogP contribution is -2.15. The van der Waals surface area contributed by atoms with E-state index in [-0.39, 0.29) is 6.10 Å². The van der Waals surface area contributed by atoms with E-state index in [1.165, 1.54) is 6.42 Å². The van der Waals surface area contributed by atoms with Gasteiger partial charge in [-0.1, -0.05) is 51.8 Å². The Morgan fingerprint density at radius 3 is 2.78 bits per heavy atom. The molecule has 1 N–H and O–H groups in total. The lowest BCUT2D eigenvalue weighted by molar-refractivity contribution is 0.126. The zero-order valence-electron chi connectivity index (χ0n) is 11.6. The van der Waals surface area contributed by atoms with Crippen molar-refractivity contribution in [3.63, 3.8) is 0 Å². The van der Waals surface area contributed by atoms with Gasteiger partial charge in [0.2, 0.25) is 0 Å². The van der Waals surface area contributed by atoms with Crippen molar-refractivity contribution in [3.8, 4) is 0 Å². The second-order valence-corrected chi connectivity index (χ2v) is 4.74. The molecule has 1 aromatic heterocycles. The van der Waals surface area contributed by atoms with Crippen LogP contribution in [-0.2, 0) is 4.84 Å². The van der Waals surface area contributed by atoms with Crippen LogP contribution >= 0.6 is 0 Å². The number of pyridine rings is 1. The fourth-order valence-electron chi connectivity index (χ4n) is 1.51. The number of anilines is 1. The molecule has 1 heterocycles. The minimum absolute atomic E-state index is 0.106. The van der Waals surface area contributed by atoms with Crippen LogP contribution < -0.4 is 5.48 Å². The number of rotatable bonds is 8. The van der Waals surface area contributed by atoms with Crippen LogP contribution in [0, 0.1) is 5.92 Å². The molecule has 0 aliphatic heterocycles. The first kappa shape index (κ1) is 14.7. The van der Waals surface area contributed by atoms with Gasteiger partial charge in [0.25, 0.3) is 0 Å². The average molecular weight is 248 g/mol. The third kappa shape index (κ3) is 6.40. The molecule has 0 spiro atoms. The summed E-state index contributed by atoms with van der Waals surface area (Å²) < 4.78 is 0. The van der Waals surface area contributed by atoms with E-state index >= 15 is 0 Å². The van der Waals surface area contributed by atoms with Gasteiger partial charge in [0, 0.05) is 6.20 Å². The van der Waals surface area contributed by atoms with Gasteiger partial charge >= 0.3 is 0 Å². The summed E-state index contributed by atoms with van der Waals surface area (Å²) in [7, 11) is 0. The fraction of sp³-hybridized carbons (Fsp3) is 0.533. The van der Waals surface area contributed by atoms with Crippen LogP contribution in [0.4, 0.5) is 5.82 Å². The Labute approximate surface area is 110 Å². The van der Waals surface area contributed by atoms with Gasteiger partial charge in [-0.3, -0.25) is 4.84 Å². The van der Waals surface area contributed by atoms with Crippen LogP contribution in [0.1, 0.15) is 40.0 Å². The van der Waals surface area contributed by atoms with Crippen LogP contribution in [0.2, 0.25) is 0 Å². The van der Waals surface area contributed by atoms with Crippen LogP contribution in [0.15, 0.2) is 36.5 Å². The van der Waals surface area contributed by atoms with Gasteiger partial charge < -0.3 is 0 Å². The summed E-state index contributed by atoms with van der Waals surface area (Å²) in [6.45, 7) is 6.52. The summed E-state index contributed by atoms with van der Waals surface area (Å²) in [6.07, 6.45) is 9.54. The second-order valence-electron chi connectivity index (χ2n) is 4.74. The summed E-state index contributed by atoms with van der Waals surface area (Å²) in [5.41, 5.74) is 2.92. The van der Waals surface area contributed by atoms with Gasteiger partial charge in [0.05, 0.1) is 0 Å². The Bertz CT molecular complexity index is 336. The Kier molecular flexibility index (Phi) is 7.11. The van der Waals surface area contributed by atoms with Gasteiger partial charge in [-0.05, 0) is 24.5 Å². The summed E-state index contributed by atoms with van der Waals surface area (Å²) in [5, 5.41) is 0. The summed E-state index contributed by atoms with van der Waals surface area (Å²) in [5.74, 6) is 1.30. The summed E-state index contributed by atoms with van der Waals surface area (Å²) >= 11 is 0. The molecule has 0 amide bonds. The third-order valence-corrected chi connectivity index (χ3v) is 2.53. The minimum atomic E-state index is 0.106. The quantitative estimate of drug-likeness (QED) is 0.553. The summed E-state index contributed by atoms with van der Waals surface area (Å²) in [4.78, 5) is 9.85. The van der Waals surface area contributed by atoms with Crippen LogP contribution in [0.25, 0.3) is 0 Å². The van der Waals surface area contributed by atoms with E-state index in [0.29, 0.717) is 5.92 Å². The van der Waals surface area contributed by atoms with E-state index in [1.54, 1.807) is 6.20 Å². The van der Waals surface area contributed by atoms with Gasteiger partial charge in [0.1, 0.15) is 11.9 Å². The molecule has 0 saturated carbocycles. The smallest absolute Gasteiger partial charge is 0.149 e. The largest absolute Gasteiger partial charge is 0.267 e. The van der Waals surface area contributed by atoms with Gasteiger partial charge in [0.15, 0.2) is 0 Å². The highest BCUT2D eigenvalue weighted by Crippen LogP contribution is 2.10. The molecule has 100 valence electrons. The molecule has 3 heteroatoms. The molecule has 1 unspecified atom stereocenters. The number of nitrogens with one attached hydrogen (secondary N) is 1. The zero-order valence-corrected chi connectivity index (χ0v) is 11.6. The Morgan fingerprint density at radius 2 is 2.17 bits per heavy atom. The van der Waals surface area contributed by atoms with Crippen LogP contribution in [0.5, 0.6) is 0 Å². The number of aromatic nitrogens is 1. The normalized spacial score (nSPS) is 13.1. The first-order valence-corrected chi connectivity index (χ1v) is 6.73. The van der Waals surface area contributed by atoms with E-state index in [2.05, 4.69) is 43.4 Å². The fourth-order valence-corrected chi connectivity index (χ4v) is 1.51. The molecule has 0 aliphatic rings. The maximum atomic E-state index is 5.68. The van der Waals surface area contributed by atoms with Gasteiger partial charge in [-0.15, -0.1) is 0 Å². The van der Waals surface area contributed by atoms with Gasteiger partial charge in [-0.25, -0.2) is 10.5 Å².